The lowest BCUT2D eigenvalue weighted by Crippen LogP contribution is -1.93. The lowest BCUT2D eigenvalue weighted by atomic mass is 10.3. The molecule has 1 heterocycles. The molecule has 0 aliphatic carbocycles. The number of ether oxygens (including phenoxy) is 1. The molecule has 2 rings (SSSR count). The molecule has 1 aromatic carbocycles. The van der Waals surface area contributed by atoms with Crippen LogP contribution in [0.25, 0.3) is 0 Å². The fourth-order valence-electron chi connectivity index (χ4n) is 1.16. The van der Waals surface area contributed by atoms with E-state index in [0.717, 1.165) is 0 Å². The number of aromatic nitrogens is 2. The number of rotatable bonds is 3. The number of benzene rings is 1. The summed E-state index contributed by atoms with van der Waals surface area (Å²) in [5, 5.41) is 0. The van der Waals surface area contributed by atoms with Crippen molar-refractivity contribution in [3.63, 3.8) is 0 Å². The van der Waals surface area contributed by atoms with Crippen LogP contribution in [0.15, 0.2) is 35.1 Å². The van der Waals surface area contributed by atoms with Gasteiger partial charge in [-0.3, -0.25) is 4.98 Å². The summed E-state index contributed by atoms with van der Waals surface area (Å²) >= 11 is 8.69. The van der Waals surface area contributed by atoms with E-state index in [-0.39, 0.29) is 11.8 Å². The summed E-state index contributed by atoms with van der Waals surface area (Å²) in [6.45, 7) is 0. The molecule has 0 aliphatic rings. The third kappa shape index (κ3) is 3.14. The molecule has 0 atom stereocenters. The molecule has 0 spiro atoms. The molecule has 0 amide bonds. The van der Waals surface area contributed by atoms with Crippen LogP contribution in [0.1, 0.15) is 5.69 Å². The molecule has 0 unspecified atom stereocenters. The van der Waals surface area contributed by atoms with Crippen molar-refractivity contribution < 1.29 is 9.13 Å². The molecule has 0 aliphatic heterocycles. The lowest BCUT2D eigenvalue weighted by Gasteiger charge is -2.05. The Morgan fingerprint density at radius 3 is 2.88 bits per heavy atom. The predicted octanol–water partition coefficient (Wildman–Crippen LogP) is 3.91. The molecule has 6 heteroatoms. The van der Waals surface area contributed by atoms with Crippen molar-refractivity contribution in [1.29, 1.82) is 0 Å². The normalized spacial score (nSPS) is 10.3. The van der Waals surface area contributed by atoms with E-state index in [2.05, 4.69) is 25.9 Å². The highest BCUT2D eigenvalue weighted by Crippen LogP contribution is 2.24. The van der Waals surface area contributed by atoms with Gasteiger partial charge in [0.2, 0.25) is 5.88 Å². The molecule has 0 bridgehead atoms. The van der Waals surface area contributed by atoms with Crippen LogP contribution in [0.5, 0.6) is 11.6 Å². The highest BCUT2D eigenvalue weighted by atomic mass is 79.9. The second-order valence-corrected chi connectivity index (χ2v) is 4.28. The van der Waals surface area contributed by atoms with E-state index in [1.807, 2.05) is 0 Å². The van der Waals surface area contributed by atoms with Gasteiger partial charge in [-0.15, -0.1) is 11.6 Å². The van der Waals surface area contributed by atoms with Gasteiger partial charge < -0.3 is 4.74 Å². The van der Waals surface area contributed by atoms with Crippen molar-refractivity contribution >= 4 is 27.5 Å². The van der Waals surface area contributed by atoms with Gasteiger partial charge in [-0.05, 0) is 28.1 Å². The van der Waals surface area contributed by atoms with Gasteiger partial charge in [-0.25, -0.2) is 9.37 Å². The third-order valence-electron chi connectivity index (χ3n) is 1.91. The van der Waals surface area contributed by atoms with Gasteiger partial charge in [0.15, 0.2) is 0 Å². The maximum atomic E-state index is 13.2. The fourth-order valence-corrected chi connectivity index (χ4v) is 1.54. The lowest BCUT2D eigenvalue weighted by molar-refractivity contribution is 0.453. The molecule has 88 valence electrons. The SMILES string of the molecule is Fc1cc(Oc2cncc(CCl)n2)ccc1Br. The zero-order chi connectivity index (χ0) is 12.3. The Bertz CT molecular complexity index is 539. The molecular weight excluding hydrogens is 310 g/mol. The topological polar surface area (TPSA) is 35.0 Å². The Balaban J connectivity index is 2.22. The number of hydrogen-bond acceptors (Lipinski definition) is 3. The summed E-state index contributed by atoms with van der Waals surface area (Å²) in [4.78, 5) is 8.00. The first-order chi connectivity index (χ1) is 8.19. The standard InChI is InChI=1S/C11H7BrClFN2O/c12-9-2-1-8(3-10(9)14)17-11-6-15-5-7(4-13)16-11/h1-3,5-6H,4H2. The van der Waals surface area contributed by atoms with E-state index in [4.69, 9.17) is 16.3 Å². The minimum atomic E-state index is -0.399. The van der Waals surface area contributed by atoms with Crippen molar-refractivity contribution in [3.8, 4) is 11.6 Å². The third-order valence-corrected chi connectivity index (χ3v) is 2.83. The van der Waals surface area contributed by atoms with Crippen molar-refractivity contribution in [2.45, 2.75) is 5.88 Å². The fraction of sp³-hybridized carbons (Fsp3) is 0.0909. The first-order valence-corrected chi connectivity index (χ1v) is 6.01. The number of alkyl halides is 1. The highest BCUT2D eigenvalue weighted by Gasteiger charge is 2.04. The van der Waals surface area contributed by atoms with Crippen molar-refractivity contribution in [2.75, 3.05) is 0 Å². The summed E-state index contributed by atoms with van der Waals surface area (Å²) in [5.74, 6) is 0.486. The Morgan fingerprint density at radius 2 is 2.18 bits per heavy atom. The number of hydrogen-bond donors (Lipinski definition) is 0. The van der Waals surface area contributed by atoms with Crippen LogP contribution >= 0.6 is 27.5 Å². The van der Waals surface area contributed by atoms with E-state index in [0.29, 0.717) is 15.9 Å². The zero-order valence-corrected chi connectivity index (χ0v) is 10.9. The minimum absolute atomic E-state index is 0.249. The van der Waals surface area contributed by atoms with Gasteiger partial charge in [0.1, 0.15) is 11.6 Å². The summed E-state index contributed by atoms with van der Waals surface area (Å²) in [6.07, 6.45) is 2.98. The number of halogens is 3. The molecule has 0 saturated carbocycles. The Morgan fingerprint density at radius 1 is 1.35 bits per heavy atom. The van der Waals surface area contributed by atoms with Crippen LogP contribution in [-0.4, -0.2) is 9.97 Å². The zero-order valence-electron chi connectivity index (χ0n) is 8.53. The summed E-state index contributed by atoms with van der Waals surface area (Å²) in [5.41, 5.74) is 0.599. The first-order valence-electron chi connectivity index (χ1n) is 4.69. The van der Waals surface area contributed by atoms with Gasteiger partial charge in [0, 0.05) is 12.3 Å². The molecule has 1 aromatic heterocycles. The van der Waals surface area contributed by atoms with Gasteiger partial charge in [-0.1, -0.05) is 0 Å². The van der Waals surface area contributed by atoms with E-state index in [1.54, 1.807) is 18.3 Å². The van der Waals surface area contributed by atoms with Gasteiger partial charge in [-0.2, -0.15) is 0 Å². The molecule has 0 fully saturated rings. The van der Waals surface area contributed by atoms with Gasteiger partial charge in [0.05, 0.1) is 22.2 Å². The summed E-state index contributed by atoms with van der Waals surface area (Å²) in [6, 6.07) is 4.45. The second-order valence-electron chi connectivity index (χ2n) is 3.16. The largest absolute Gasteiger partial charge is 0.437 e. The van der Waals surface area contributed by atoms with E-state index < -0.39 is 5.82 Å². The van der Waals surface area contributed by atoms with Crippen LogP contribution in [0, 0.1) is 5.82 Å². The van der Waals surface area contributed by atoms with Crippen molar-refractivity contribution in [2.24, 2.45) is 0 Å². The highest BCUT2D eigenvalue weighted by molar-refractivity contribution is 9.10. The maximum Gasteiger partial charge on any atom is 0.238 e. The second kappa shape index (κ2) is 5.42. The van der Waals surface area contributed by atoms with Crippen LogP contribution in [0.3, 0.4) is 0 Å². The predicted molar refractivity (Wildman–Crippen MR) is 65.8 cm³/mol. The van der Waals surface area contributed by atoms with E-state index in [9.17, 15) is 4.39 Å². The minimum Gasteiger partial charge on any atom is -0.437 e. The number of nitrogens with zero attached hydrogens (tertiary/aromatic N) is 2. The monoisotopic (exact) mass is 316 g/mol. The quantitative estimate of drug-likeness (QED) is 0.805. The Kier molecular flexibility index (Phi) is 3.91. The molecule has 0 N–H and O–H groups in total. The smallest absolute Gasteiger partial charge is 0.238 e. The summed E-state index contributed by atoms with van der Waals surface area (Å²) in [7, 11) is 0. The van der Waals surface area contributed by atoms with Crippen LogP contribution in [0.4, 0.5) is 4.39 Å². The average molecular weight is 318 g/mol. The first kappa shape index (κ1) is 12.3. The molecule has 17 heavy (non-hydrogen) atoms. The molecule has 0 saturated heterocycles. The van der Waals surface area contributed by atoms with Crippen LogP contribution in [0.2, 0.25) is 0 Å². The average Bonchev–Trinajstić information content (AvgIpc) is 2.34. The summed E-state index contributed by atoms with van der Waals surface area (Å²) < 4.78 is 19.0. The van der Waals surface area contributed by atoms with Crippen molar-refractivity contribution in [3.05, 3.63) is 46.6 Å². The van der Waals surface area contributed by atoms with Crippen LogP contribution < -0.4 is 4.74 Å². The Hall–Kier alpha value is -1.20. The van der Waals surface area contributed by atoms with Crippen molar-refractivity contribution in [1.82, 2.24) is 9.97 Å². The molecule has 2 aromatic rings. The molecular formula is C11H7BrClFN2O. The van der Waals surface area contributed by atoms with Crippen LogP contribution in [-0.2, 0) is 5.88 Å². The Labute approximate surface area is 111 Å². The molecule has 3 nitrogen and oxygen atoms in total. The van der Waals surface area contributed by atoms with Gasteiger partial charge >= 0.3 is 0 Å². The van der Waals surface area contributed by atoms with E-state index in [1.165, 1.54) is 12.3 Å². The molecule has 0 radical (unpaired) electrons. The van der Waals surface area contributed by atoms with E-state index >= 15 is 0 Å². The van der Waals surface area contributed by atoms with Gasteiger partial charge in [0.25, 0.3) is 0 Å². The maximum absolute atomic E-state index is 13.2.